The molecule has 2 aromatic heterocycles. The molecule has 128 valence electrons. The second-order valence-corrected chi connectivity index (χ2v) is 6.92. The van der Waals surface area contributed by atoms with E-state index in [0.717, 1.165) is 22.6 Å². The first-order valence-corrected chi connectivity index (χ1v) is 9.23. The monoisotopic (exact) mass is 353 g/mol. The van der Waals surface area contributed by atoms with E-state index in [1.807, 2.05) is 28.1 Å². The van der Waals surface area contributed by atoms with Crippen molar-refractivity contribution < 1.29 is 9.90 Å². The van der Waals surface area contributed by atoms with Gasteiger partial charge in [0.15, 0.2) is 4.96 Å². The topological polar surface area (TPSA) is 57.8 Å². The van der Waals surface area contributed by atoms with Gasteiger partial charge in [-0.15, -0.1) is 11.3 Å². The molecule has 6 heteroatoms. The van der Waals surface area contributed by atoms with Crippen molar-refractivity contribution in [2.75, 3.05) is 13.2 Å². The lowest BCUT2D eigenvalue weighted by molar-refractivity contribution is 0.0694. The number of aromatic nitrogens is 2. The summed E-state index contributed by atoms with van der Waals surface area (Å²) in [7, 11) is 0. The number of aryl methyl sites for hydroxylation is 1. The Balaban J connectivity index is 1.67. The van der Waals surface area contributed by atoms with Crippen LogP contribution in [0.4, 0.5) is 0 Å². The molecule has 1 unspecified atom stereocenters. The lowest BCUT2D eigenvalue weighted by Gasteiger charge is -2.22. The van der Waals surface area contributed by atoms with Crippen LogP contribution < -0.4 is 0 Å². The zero-order valence-electron chi connectivity index (χ0n) is 13.9. The lowest BCUT2D eigenvalue weighted by atomic mass is 10.1. The molecule has 3 heterocycles. The molecule has 0 saturated heterocycles. The summed E-state index contributed by atoms with van der Waals surface area (Å²) in [5, 5.41) is 11.3. The Morgan fingerprint density at radius 2 is 2.16 bits per heavy atom. The Labute approximate surface area is 149 Å². The zero-order valence-corrected chi connectivity index (χ0v) is 14.7. The van der Waals surface area contributed by atoms with Crippen LogP contribution in [0, 0.1) is 0 Å². The molecule has 1 atom stereocenters. The minimum atomic E-state index is -0.243. The van der Waals surface area contributed by atoms with Crippen molar-refractivity contribution in [3.05, 3.63) is 59.3 Å². The molecule has 4 rings (SSSR count). The number of aliphatic hydroxyl groups is 1. The molecule has 5 nitrogen and oxygen atoms in total. The fourth-order valence-corrected chi connectivity index (χ4v) is 3.95. The molecule has 0 spiro atoms. The van der Waals surface area contributed by atoms with Crippen LogP contribution in [-0.2, 0) is 6.42 Å². The van der Waals surface area contributed by atoms with Gasteiger partial charge in [0.25, 0.3) is 5.91 Å². The van der Waals surface area contributed by atoms with Gasteiger partial charge in [-0.3, -0.25) is 9.20 Å². The third kappa shape index (κ3) is 2.77. The molecule has 0 fully saturated rings. The Bertz CT molecular complexity index is 939. The van der Waals surface area contributed by atoms with Gasteiger partial charge < -0.3 is 10.0 Å². The van der Waals surface area contributed by atoms with E-state index in [0.29, 0.717) is 12.2 Å². The van der Waals surface area contributed by atoms with Crippen LogP contribution in [0.5, 0.6) is 0 Å². The summed E-state index contributed by atoms with van der Waals surface area (Å²) in [6.45, 7) is 2.60. The second kappa shape index (κ2) is 6.46. The van der Waals surface area contributed by atoms with Gasteiger partial charge in [-0.1, -0.05) is 43.3 Å². The standard InChI is InChI=1S/C19H19N3O2S/c1-2-13-5-7-14(8-6-13)16-10-22-17(12-25-19(22)20-16)18(24)21-9-3-4-15(21)11-23/h3-8,10,12,15,23H,2,9,11H2,1H3. The van der Waals surface area contributed by atoms with Crippen LogP contribution in [0.2, 0.25) is 0 Å². The van der Waals surface area contributed by atoms with Gasteiger partial charge >= 0.3 is 0 Å². The fourth-order valence-electron chi connectivity index (χ4n) is 3.10. The predicted molar refractivity (Wildman–Crippen MR) is 98.9 cm³/mol. The highest BCUT2D eigenvalue weighted by molar-refractivity contribution is 7.15. The van der Waals surface area contributed by atoms with Crippen LogP contribution in [-0.4, -0.2) is 44.5 Å². The highest BCUT2D eigenvalue weighted by Gasteiger charge is 2.27. The summed E-state index contributed by atoms with van der Waals surface area (Å²) in [6, 6.07) is 8.11. The van der Waals surface area contributed by atoms with Gasteiger partial charge in [0.2, 0.25) is 0 Å². The Morgan fingerprint density at radius 1 is 1.36 bits per heavy atom. The zero-order chi connectivity index (χ0) is 17.4. The molecular weight excluding hydrogens is 334 g/mol. The minimum Gasteiger partial charge on any atom is -0.394 e. The Hall–Kier alpha value is -2.44. The summed E-state index contributed by atoms with van der Waals surface area (Å²) in [5.74, 6) is -0.0828. The molecule has 0 bridgehead atoms. The quantitative estimate of drug-likeness (QED) is 0.734. The SMILES string of the molecule is CCc1ccc(-c2cn3c(C(=O)N4CC=CC4CO)csc3n2)cc1. The van der Waals surface area contributed by atoms with Crippen LogP contribution in [0.1, 0.15) is 23.0 Å². The molecule has 1 aromatic carbocycles. The van der Waals surface area contributed by atoms with Gasteiger partial charge in [0.1, 0.15) is 5.69 Å². The molecule has 25 heavy (non-hydrogen) atoms. The third-order valence-electron chi connectivity index (χ3n) is 4.59. The number of carbonyl (C=O) groups is 1. The predicted octanol–water partition coefficient (Wildman–Crippen LogP) is 3.00. The van der Waals surface area contributed by atoms with Gasteiger partial charge in [-0.2, -0.15) is 0 Å². The van der Waals surface area contributed by atoms with E-state index >= 15 is 0 Å². The molecule has 1 N–H and O–H groups in total. The van der Waals surface area contributed by atoms with Crippen molar-refractivity contribution in [2.45, 2.75) is 19.4 Å². The fraction of sp³-hybridized carbons (Fsp3) is 0.263. The maximum absolute atomic E-state index is 12.9. The summed E-state index contributed by atoms with van der Waals surface area (Å²) in [5.41, 5.74) is 3.78. The van der Waals surface area contributed by atoms with Crippen molar-refractivity contribution in [3.8, 4) is 11.3 Å². The molecular formula is C19H19N3O2S. The molecule has 0 saturated carbocycles. The molecule has 0 aliphatic carbocycles. The van der Waals surface area contributed by atoms with E-state index in [1.54, 1.807) is 4.90 Å². The normalized spacial score (nSPS) is 16.9. The van der Waals surface area contributed by atoms with Crippen molar-refractivity contribution in [3.63, 3.8) is 0 Å². The van der Waals surface area contributed by atoms with Gasteiger partial charge in [-0.05, 0) is 12.0 Å². The maximum Gasteiger partial charge on any atom is 0.272 e. The number of thiazole rings is 1. The largest absolute Gasteiger partial charge is 0.394 e. The number of imidazole rings is 1. The summed E-state index contributed by atoms with van der Waals surface area (Å²) < 4.78 is 1.85. The van der Waals surface area contributed by atoms with Crippen LogP contribution in [0.15, 0.2) is 48.0 Å². The first-order chi connectivity index (χ1) is 12.2. The molecule has 3 aromatic rings. The third-order valence-corrected chi connectivity index (χ3v) is 5.43. The van der Waals surface area contributed by atoms with E-state index in [1.165, 1.54) is 16.9 Å². The Kier molecular flexibility index (Phi) is 4.15. The van der Waals surface area contributed by atoms with Crippen LogP contribution in [0.25, 0.3) is 16.2 Å². The van der Waals surface area contributed by atoms with Crippen molar-refractivity contribution in [1.29, 1.82) is 0 Å². The first-order valence-electron chi connectivity index (χ1n) is 8.35. The number of hydrogen-bond acceptors (Lipinski definition) is 4. The average Bonchev–Trinajstić information content (AvgIpc) is 3.36. The lowest BCUT2D eigenvalue weighted by Crippen LogP contribution is -2.38. The van der Waals surface area contributed by atoms with Gasteiger partial charge in [-0.25, -0.2) is 4.98 Å². The van der Waals surface area contributed by atoms with Gasteiger partial charge in [0, 0.05) is 23.7 Å². The number of aliphatic hydroxyl groups excluding tert-OH is 1. The minimum absolute atomic E-state index is 0.0610. The highest BCUT2D eigenvalue weighted by Crippen LogP contribution is 2.25. The number of fused-ring (bicyclic) bond motifs is 1. The Morgan fingerprint density at radius 3 is 2.88 bits per heavy atom. The van der Waals surface area contributed by atoms with Crippen molar-refractivity contribution in [2.24, 2.45) is 0 Å². The van der Waals surface area contributed by atoms with E-state index in [4.69, 9.17) is 0 Å². The van der Waals surface area contributed by atoms with Crippen molar-refractivity contribution in [1.82, 2.24) is 14.3 Å². The molecule has 1 aliphatic heterocycles. The number of amides is 1. The number of carbonyl (C=O) groups excluding carboxylic acids is 1. The second-order valence-electron chi connectivity index (χ2n) is 6.09. The number of hydrogen-bond donors (Lipinski definition) is 1. The van der Waals surface area contributed by atoms with Gasteiger partial charge in [0.05, 0.1) is 18.3 Å². The number of benzene rings is 1. The van der Waals surface area contributed by atoms with E-state index in [2.05, 4.69) is 36.2 Å². The van der Waals surface area contributed by atoms with E-state index in [9.17, 15) is 9.90 Å². The smallest absolute Gasteiger partial charge is 0.272 e. The summed E-state index contributed by atoms with van der Waals surface area (Å²) in [6.07, 6.45) is 6.71. The van der Waals surface area contributed by atoms with E-state index < -0.39 is 0 Å². The van der Waals surface area contributed by atoms with Crippen LogP contribution in [0.3, 0.4) is 0 Å². The summed E-state index contributed by atoms with van der Waals surface area (Å²) >= 11 is 1.45. The first kappa shape index (κ1) is 16.1. The average molecular weight is 353 g/mol. The van der Waals surface area contributed by atoms with E-state index in [-0.39, 0.29) is 18.6 Å². The molecule has 1 amide bonds. The maximum atomic E-state index is 12.9. The van der Waals surface area contributed by atoms with Crippen LogP contribution >= 0.6 is 11.3 Å². The summed E-state index contributed by atoms with van der Waals surface area (Å²) in [4.78, 5) is 20.0. The molecule has 0 radical (unpaired) electrons. The van der Waals surface area contributed by atoms with Crippen molar-refractivity contribution >= 4 is 22.2 Å². The number of rotatable bonds is 4. The number of nitrogens with zero attached hydrogens (tertiary/aromatic N) is 3. The molecule has 1 aliphatic rings. The highest BCUT2D eigenvalue weighted by atomic mass is 32.1.